The Bertz CT molecular complexity index is 1520. The topological polar surface area (TPSA) is 90.3 Å². The summed E-state index contributed by atoms with van der Waals surface area (Å²) in [5.41, 5.74) is 2.80. The van der Waals surface area contributed by atoms with E-state index >= 15 is 0 Å². The molecule has 0 atom stereocenters. The van der Waals surface area contributed by atoms with Crippen molar-refractivity contribution in [1.82, 2.24) is 9.55 Å². The van der Waals surface area contributed by atoms with E-state index in [1.165, 1.54) is 29.3 Å². The molecule has 0 aliphatic rings. The average molecular weight is 458 g/mol. The van der Waals surface area contributed by atoms with Crippen molar-refractivity contribution < 1.29 is 14.3 Å². The first-order valence-corrected chi connectivity index (χ1v) is 10.8. The third kappa shape index (κ3) is 4.54. The predicted molar refractivity (Wildman–Crippen MR) is 128 cm³/mol. The highest BCUT2D eigenvalue weighted by Crippen LogP contribution is 2.27. The van der Waals surface area contributed by atoms with Gasteiger partial charge in [-0.1, -0.05) is 24.0 Å². The van der Waals surface area contributed by atoms with Crippen LogP contribution in [0.25, 0.3) is 10.2 Å². The Morgan fingerprint density at radius 1 is 1.09 bits per heavy atom. The van der Waals surface area contributed by atoms with E-state index in [-0.39, 0.29) is 11.5 Å². The summed E-state index contributed by atoms with van der Waals surface area (Å²) in [6.45, 7) is 1.75. The van der Waals surface area contributed by atoms with Crippen molar-refractivity contribution in [3.05, 3.63) is 92.3 Å². The quantitative estimate of drug-likeness (QED) is 0.374. The van der Waals surface area contributed by atoms with E-state index in [1.54, 1.807) is 56.4 Å². The van der Waals surface area contributed by atoms with Crippen LogP contribution in [0.1, 0.15) is 36.7 Å². The number of aromatic nitrogens is 2. The first-order valence-electron chi connectivity index (χ1n) is 9.94. The standard InChI is InChI=1S/C25H19N3O4S/c1-15-20-23(26-14-28(2)24(20)30)33-21(15)22(29)27-19-9-5-7-17(13-19)11-10-16-6-4-8-18(12-16)25(31)32-3/h4-9,12-14H,1-3H3,(H,27,29). The van der Waals surface area contributed by atoms with E-state index in [2.05, 4.69) is 22.1 Å². The lowest BCUT2D eigenvalue weighted by Gasteiger charge is -2.05. The van der Waals surface area contributed by atoms with Crippen LogP contribution in [0.5, 0.6) is 0 Å². The van der Waals surface area contributed by atoms with Crippen LogP contribution in [0.15, 0.2) is 59.7 Å². The fraction of sp³-hybridized carbons (Fsp3) is 0.120. The monoisotopic (exact) mass is 457 g/mol. The SMILES string of the molecule is COC(=O)c1cccc(C#Cc2cccc(NC(=O)c3sc4ncn(C)c(=O)c4c3C)c2)c1. The van der Waals surface area contributed by atoms with Gasteiger partial charge in [0, 0.05) is 23.9 Å². The van der Waals surface area contributed by atoms with Gasteiger partial charge in [0.25, 0.3) is 11.5 Å². The number of carbonyl (C=O) groups excluding carboxylic acids is 2. The predicted octanol–water partition coefficient (Wildman–Crippen LogP) is 3.74. The van der Waals surface area contributed by atoms with Gasteiger partial charge in [-0.15, -0.1) is 11.3 Å². The second kappa shape index (κ2) is 9.10. The first kappa shape index (κ1) is 22.0. The molecular weight excluding hydrogens is 438 g/mol. The Labute approximate surface area is 193 Å². The zero-order valence-corrected chi connectivity index (χ0v) is 18.9. The van der Waals surface area contributed by atoms with Crippen LogP contribution in [-0.4, -0.2) is 28.5 Å². The molecule has 0 unspecified atom stereocenters. The minimum absolute atomic E-state index is 0.179. The highest BCUT2D eigenvalue weighted by molar-refractivity contribution is 7.20. The van der Waals surface area contributed by atoms with E-state index < -0.39 is 5.97 Å². The third-order valence-corrected chi connectivity index (χ3v) is 6.17. The smallest absolute Gasteiger partial charge is 0.337 e. The first-order chi connectivity index (χ1) is 15.9. The number of benzene rings is 2. The summed E-state index contributed by atoms with van der Waals surface area (Å²) in [5, 5.41) is 3.33. The van der Waals surface area contributed by atoms with E-state index in [4.69, 9.17) is 4.74 Å². The third-order valence-electron chi connectivity index (χ3n) is 4.97. The van der Waals surface area contributed by atoms with Gasteiger partial charge in [-0.05, 0) is 48.9 Å². The van der Waals surface area contributed by atoms with Crippen LogP contribution in [0, 0.1) is 18.8 Å². The van der Waals surface area contributed by atoms with Crippen molar-refractivity contribution in [2.75, 3.05) is 12.4 Å². The highest BCUT2D eigenvalue weighted by atomic mass is 32.1. The molecule has 2 aromatic heterocycles. The average Bonchev–Trinajstić information content (AvgIpc) is 3.17. The number of nitrogens with zero attached hydrogens (tertiary/aromatic N) is 2. The number of fused-ring (bicyclic) bond motifs is 1. The van der Waals surface area contributed by atoms with E-state index in [0.717, 1.165) is 0 Å². The van der Waals surface area contributed by atoms with Crippen LogP contribution in [0.3, 0.4) is 0 Å². The number of methoxy groups -OCH3 is 1. The molecule has 0 saturated carbocycles. The summed E-state index contributed by atoms with van der Waals surface area (Å²) in [6.07, 6.45) is 1.45. The number of aryl methyl sites for hydroxylation is 2. The molecule has 0 bridgehead atoms. The van der Waals surface area contributed by atoms with Gasteiger partial charge in [-0.3, -0.25) is 9.59 Å². The Morgan fingerprint density at radius 3 is 2.52 bits per heavy atom. The van der Waals surface area contributed by atoms with Crippen molar-refractivity contribution in [2.24, 2.45) is 7.05 Å². The van der Waals surface area contributed by atoms with Gasteiger partial charge in [0.05, 0.1) is 29.3 Å². The molecule has 0 radical (unpaired) electrons. The maximum atomic E-state index is 12.9. The number of rotatable bonds is 3. The van der Waals surface area contributed by atoms with Crippen molar-refractivity contribution in [1.29, 1.82) is 0 Å². The van der Waals surface area contributed by atoms with Crippen LogP contribution >= 0.6 is 11.3 Å². The maximum absolute atomic E-state index is 12.9. The largest absolute Gasteiger partial charge is 0.465 e. The van der Waals surface area contributed by atoms with Gasteiger partial charge in [0.2, 0.25) is 0 Å². The number of thiophene rings is 1. The molecule has 0 aliphatic heterocycles. The summed E-state index contributed by atoms with van der Waals surface area (Å²) in [6, 6.07) is 14.0. The van der Waals surface area contributed by atoms with Crippen LogP contribution in [0.2, 0.25) is 0 Å². The zero-order valence-electron chi connectivity index (χ0n) is 18.1. The van der Waals surface area contributed by atoms with Gasteiger partial charge < -0.3 is 14.6 Å². The molecule has 0 aliphatic carbocycles. The molecule has 4 rings (SSSR count). The van der Waals surface area contributed by atoms with Crippen LogP contribution in [0.4, 0.5) is 5.69 Å². The van der Waals surface area contributed by atoms with Gasteiger partial charge in [0.1, 0.15) is 4.83 Å². The van der Waals surface area contributed by atoms with Crippen LogP contribution < -0.4 is 10.9 Å². The number of nitrogens with one attached hydrogen (secondary N) is 1. The molecule has 33 heavy (non-hydrogen) atoms. The Kier molecular flexibility index (Phi) is 6.07. The lowest BCUT2D eigenvalue weighted by Crippen LogP contribution is -2.17. The van der Waals surface area contributed by atoms with E-state index in [1.807, 2.05) is 6.07 Å². The number of amides is 1. The van der Waals surface area contributed by atoms with Crippen molar-refractivity contribution in [3.8, 4) is 11.8 Å². The fourth-order valence-corrected chi connectivity index (χ4v) is 4.31. The molecule has 0 fully saturated rings. The Balaban J connectivity index is 1.57. The molecule has 1 N–H and O–H groups in total. The van der Waals surface area contributed by atoms with Crippen molar-refractivity contribution in [3.63, 3.8) is 0 Å². The number of esters is 1. The molecule has 164 valence electrons. The molecular formula is C25H19N3O4S. The summed E-state index contributed by atoms with van der Waals surface area (Å²) >= 11 is 1.19. The maximum Gasteiger partial charge on any atom is 0.337 e. The molecule has 4 aromatic rings. The molecule has 0 saturated heterocycles. The number of hydrogen-bond donors (Lipinski definition) is 1. The normalized spacial score (nSPS) is 10.4. The number of carbonyl (C=O) groups is 2. The number of anilines is 1. The Morgan fingerprint density at radius 2 is 1.79 bits per heavy atom. The fourth-order valence-electron chi connectivity index (χ4n) is 3.27. The molecule has 7 nitrogen and oxygen atoms in total. The van der Waals surface area contributed by atoms with Gasteiger partial charge in [-0.25, -0.2) is 9.78 Å². The molecule has 0 spiro atoms. The van der Waals surface area contributed by atoms with Crippen molar-refractivity contribution in [2.45, 2.75) is 6.92 Å². The lowest BCUT2D eigenvalue weighted by molar-refractivity contribution is 0.0600. The van der Waals surface area contributed by atoms with Crippen molar-refractivity contribution >= 4 is 39.1 Å². The summed E-state index contributed by atoms with van der Waals surface area (Å²) in [4.78, 5) is 42.2. The second-order valence-electron chi connectivity index (χ2n) is 7.25. The number of hydrogen-bond acceptors (Lipinski definition) is 6. The number of ether oxygens (including phenoxy) is 1. The second-order valence-corrected chi connectivity index (χ2v) is 8.25. The molecule has 2 heterocycles. The molecule has 8 heteroatoms. The summed E-state index contributed by atoms with van der Waals surface area (Å²) in [7, 11) is 2.96. The lowest BCUT2D eigenvalue weighted by atomic mass is 10.1. The Hall–Kier alpha value is -4.22. The summed E-state index contributed by atoms with van der Waals surface area (Å²) in [5.74, 6) is 5.32. The minimum atomic E-state index is -0.423. The van der Waals surface area contributed by atoms with Gasteiger partial charge in [-0.2, -0.15) is 0 Å². The highest BCUT2D eigenvalue weighted by Gasteiger charge is 2.19. The van der Waals surface area contributed by atoms with Crippen LogP contribution in [-0.2, 0) is 11.8 Å². The van der Waals surface area contributed by atoms with Gasteiger partial charge in [0.15, 0.2) is 0 Å². The van der Waals surface area contributed by atoms with E-state index in [9.17, 15) is 14.4 Å². The van der Waals surface area contributed by atoms with Gasteiger partial charge >= 0.3 is 5.97 Å². The zero-order chi connectivity index (χ0) is 23.5. The minimum Gasteiger partial charge on any atom is -0.465 e. The molecule has 2 aromatic carbocycles. The molecule has 1 amide bonds. The van der Waals surface area contributed by atoms with E-state index in [0.29, 0.717) is 43.0 Å². The summed E-state index contributed by atoms with van der Waals surface area (Å²) < 4.78 is 6.13.